The maximum atomic E-state index is 7.17. The molecule has 0 spiro atoms. The molecule has 0 heterocycles. The number of anilines is 1. The molecule has 0 atom stereocenters. The number of hydrogen-bond donors (Lipinski definition) is 2. The molecular formula is C12H20N2O. The van der Waals surface area contributed by atoms with E-state index in [-0.39, 0.29) is 0 Å². The Kier molecular flexibility index (Phi) is 6.18. The van der Waals surface area contributed by atoms with E-state index in [4.69, 9.17) is 15.9 Å². The maximum absolute atomic E-state index is 7.17. The van der Waals surface area contributed by atoms with Gasteiger partial charge in [0.25, 0.3) is 0 Å². The predicted molar refractivity (Wildman–Crippen MR) is 66.0 cm³/mol. The van der Waals surface area contributed by atoms with E-state index in [0.717, 1.165) is 17.5 Å². The van der Waals surface area contributed by atoms with Gasteiger partial charge in [0.1, 0.15) is 5.75 Å². The summed E-state index contributed by atoms with van der Waals surface area (Å²) in [4.78, 5) is 0. The molecule has 0 amide bonds. The Hall–Kier alpha value is -1.51. The van der Waals surface area contributed by atoms with Gasteiger partial charge in [-0.3, -0.25) is 0 Å². The molecule has 3 N–H and O–H groups in total. The summed E-state index contributed by atoms with van der Waals surface area (Å²) >= 11 is 0. The van der Waals surface area contributed by atoms with Gasteiger partial charge < -0.3 is 15.9 Å². The highest BCUT2D eigenvalue weighted by Gasteiger charge is 2.05. The van der Waals surface area contributed by atoms with Gasteiger partial charge in [0, 0.05) is 11.8 Å². The zero-order valence-corrected chi connectivity index (χ0v) is 9.92. The number of rotatable bonds is 3. The fourth-order valence-corrected chi connectivity index (χ4v) is 1.20. The monoisotopic (exact) mass is 208 g/mol. The summed E-state index contributed by atoms with van der Waals surface area (Å²) in [5, 5.41) is 7.17. The van der Waals surface area contributed by atoms with Crippen molar-refractivity contribution in [2.75, 3.05) is 12.8 Å². The first kappa shape index (κ1) is 13.5. The van der Waals surface area contributed by atoms with Gasteiger partial charge in [-0.2, -0.15) is 0 Å². The topological polar surface area (TPSA) is 59.1 Å². The molecule has 15 heavy (non-hydrogen) atoms. The van der Waals surface area contributed by atoms with Crippen molar-refractivity contribution in [3.63, 3.8) is 0 Å². The van der Waals surface area contributed by atoms with Crippen LogP contribution in [0, 0.1) is 5.41 Å². The first-order chi connectivity index (χ1) is 7.22. The molecule has 1 aromatic carbocycles. The lowest BCUT2D eigenvalue weighted by Crippen LogP contribution is -1.99. The number of hydrogen-bond acceptors (Lipinski definition) is 3. The van der Waals surface area contributed by atoms with Gasteiger partial charge >= 0.3 is 0 Å². The quantitative estimate of drug-likeness (QED) is 0.592. The second kappa shape index (κ2) is 6.87. The Labute approximate surface area is 91.8 Å². The van der Waals surface area contributed by atoms with E-state index in [1.165, 1.54) is 6.21 Å². The van der Waals surface area contributed by atoms with Crippen molar-refractivity contribution in [2.24, 2.45) is 0 Å². The number of benzene rings is 1. The first-order valence-corrected chi connectivity index (χ1v) is 5.19. The van der Waals surface area contributed by atoms with Crippen molar-refractivity contribution in [1.29, 1.82) is 5.41 Å². The number of methoxy groups -OCH3 is 1. The summed E-state index contributed by atoms with van der Waals surface area (Å²) in [5.74, 6) is 0.651. The second-order valence-electron chi connectivity index (χ2n) is 2.80. The average molecular weight is 208 g/mol. The third-order valence-electron chi connectivity index (χ3n) is 2.02. The van der Waals surface area contributed by atoms with Crippen LogP contribution < -0.4 is 10.5 Å². The Morgan fingerprint density at radius 3 is 2.40 bits per heavy atom. The minimum Gasteiger partial charge on any atom is -0.495 e. The van der Waals surface area contributed by atoms with Gasteiger partial charge in [0.2, 0.25) is 0 Å². The molecule has 0 saturated heterocycles. The number of nitrogens with two attached hydrogens (primary N) is 1. The molecule has 0 unspecified atom stereocenters. The summed E-state index contributed by atoms with van der Waals surface area (Å²) < 4.78 is 5.10. The molecule has 0 radical (unpaired) electrons. The van der Waals surface area contributed by atoms with Crippen LogP contribution in [0.2, 0.25) is 0 Å². The Bertz CT molecular complexity index is 322. The molecule has 0 aliphatic rings. The molecule has 1 rings (SSSR count). The van der Waals surface area contributed by atoms with E-state index in [1.54, 1.807) is 7.11 Å². The fraction of sp³-hybridized carbons (Fsp3) is 0.417. The molecule has 0 saturated carbocycles. The van der Waals surface area contributed by atoms with Crippen LogP contribution in [0.4, 0.5) is 5.69 Å². The number of nitrogen functional groups attached to an aromatic ring is 1. The molecule has 1 aromatic rings. The van der Waals surface area contributed by atoms with Gasteiger partial charge in [0.05, 0.1) is 12.8 Å². The van der Waals surface area contributed by atoms with E-state index >= 15 is 0 Å². The average Bonchev–Trinajstić information content (AvgIpc) is 2.32. The van der Waals surface area contributed by atoms with Gasteiger partial charge in [-0.25, -0.2) is 0 Å². The van der Waals surface area contributed by atoms with E-state index in [2.05, 4.69) is 6.92 Å². The summed E-state index contributed by atoms with van der Waals surface area (Å²) in [6, 6.07) is 3.81. The summed E-state index contributed by atoms with van der Waals surface area (Å²) in [5.41, 5.74) is 8.14. The Morgan fingerprint density at radius 2 is 2.00 bits per heavy atom. The largest absolute Gasteiger partial charge is 0.495 e. The van der Waals surface area contributed by atoms with Crippen LogP contribution in [-0.4, -0.2) is 13.3 Å². The minimum absolute atomic E-state index is 0.537. The SMILES string of the molecule is CC.CCc1cc(C=N)c(N)c(OC)c1. The van der Waals surface area contributed by atoms with Crippen molar-refractivity contribution in [3.8, 4) is 5.75 Å². The van der Waals surface area contributed by atoms with Gasteiger partial charge in [-0.1, -0.05) is 20.8 Å². The molecule has 0 bridgehead atoms. The van der Waals surface area contributed by atoms with Crippen LogP contribution in [0.15, 0.2) is 12.1 Å². The second-order valence-corrected chi connectivity index (χ2v) is 2.80. The van der Waals surface area contributed by atoms with Crippen LogP contribution >= 0.6 is 0 Å². The third kappa shape index (κ3) is 3.27. The predicted octanol–water partition coefficient (Wildman–Crippen LogP) is 2.86. The zero-order valence-electron chi connectivity index (χ0n) is 9.92. The lowest BCUT2D eigenvalue weighted by molar-refractivity contribution is 0.416. The van der Waals surface area contributed by atoms with E-state index in [0.29, 0.717) is 11.4 Å². The number of aryl methyl sites for hydroxylation is 1. The van der Waals surface area contributed by atoms with E-state index < -0.39 is 0 Å². The molecule has 3 nitrogen and oxygen atoms in total. The highest BCUT2D eigenvalue weighted by atomic mass is 16.5. The summed E-state index contributed by atoms with van der Waals surface area (Å²) in [6.45, 7) is 6.05. The summed E-state index contributed by atoms with van der Waals surface area (Å²) in [6.07, 6.45) is 2.16. The molecule has 0 aliphatic carbocycles. The third-order valence-corrected chi connectivity index (χ3v) is 2.02. The van der Waals surface area contributed by atoms with Crippen molar-refractivity contribution >= 4 is 11.9 Å². The van der Waals surface area contributed by atoms with E-state index in [9.17, 15) is 0 Å². The zero-order chi connectivity index (χ0) is 11.8. The van der Waals surface area contributed by atoms with Crippen LogP contribution in [-0.2, 0) is 6.42 Å². The van der Waals surface area contributed by atoms with E-state index in [1.807, 2.05) is 26.0 Å². The lowest BCUT2D eigenvalue weighted by atomic mass is 10.1. The smallest absolute Gasteiger partial charge is 0.142 e. The number of nitrogens with one attached hydrogen (secondary N) is 1. The molecule has 3 heteroatoms. The highest BCUT2D eigenvalue weighted by molar-refractivity contribution is 5.87. The van der Waals surface area contributed by atoms with Crippen LogP contribution in [0.5, 0.6) is 5.75 Å². The molecular weight excluding hydrogens is 188 g/mol. The molecule has 0 aliphatic heterocycles. The van der Waals surface area contributed by atoms with Gasteiger partial charge in [-0.05, 0) is 24.1 Å². The minimum atomic E-state index is 0.537. The highest BCUT2D eigenvalue weighted by Crippen LogP contribution is 2.26. The van der Waals surface area contributed by atoms with Crippen LogP contribution in [0.1, 0.15) is 31.9 Å². The van der Waals surface area contributed by atoms with Gasteiger partial charge in [-0.15, -0.1) is 0 Å². The van der Waals surface area contributed by atoms with Crippen molar-refractivity contribution < 1.29 is 4.74 Å². The summed E-state index contributed by atoms with van der Waals surface area (Å²) in [7, 11) is 1.58. The first-order valence-electron chi connectivity index (χ1n) is 5.19. The fourth-order valence-electron chi connectivity index (χ4n) is 1.20. The molecule has 0 aromatic heterocycles. The van der Waals surface area contributed by atoms with Crippen molar-refractivity contribution in [2.45, 2.75) is 27.2 Å². The Balaban J connectivity index is 0.000000921. The normalized spacial score (nSPS) is 8.80. The Morgan fingerprint density at radius 1 is 1.40 bits per heavy atom. The molecule has 84 valence electrons. The van der Waals surface area contributed by atoms with Gasteiger partial charge in [0.15, 0.2) is 0 Å². The maximum Gasteiger partial charge on any atom is 0.142 e. The van der Waals surface area contributed by atoms with Crippen LogP contribution in [0.3, 0.4) is 0 Å². The van der Waals surface area contributed by atoms with Crippen molar-refractivity contribution in [1.82, 2.24) is 0 Å². The molecule has 0 fully saturated rings. The van der Waals surface area contributed by atoms with Crippen molar-refractivity contribution in [3.05, 3.63) is 23.3 Å². The standard InChI is InChI=1S/C10H14N2O.C2H6/c1-3-7-4-8(6-11)10(12)9(5-7)13-2;1-2/h4-6,11H,3,12H2,1-2H3;1-2H3. The lowest BCUT2D eigenvalue weighted by Gasteiger charge is -2.09. The number of ether oxygens (including phenoxy) is 1. The van der Waals surface area contributed by atoms with Crippen LogP contribution in [0.25, 0.3) is 0 Å².